The molecule has 6 heteroatoms. The minimum absolute atomic E-state index is 0.00649. The van der Waals surface area contributed by atoms with Crippen LogP contribution in [-0.2, 0) is 10.2 Å². The summed E-state index contributed by atoms with van der Waals surface area (Å²) in [6.07, 6.45) is 3.09. The number of nitrogens with zero attached hydrogens (tertiary/aromatic N) is 3. The number of benzene rings is 1. The predicted octanol–water partition coefficient (Wildman–Crippen LogP) is 3.80. The minimum Gasteiger partial charge on any atom is -0.342 e. The first-order valence-electron chi connectivity index (χ1n) is 11.5. The Balaban J connectivity index is 1.58. The van der Waals surface area contributed by atoms with Gasteiger partial charge in [-0.1, -0.05) is 45.0 Å². The molecule has 0 saturated carbocycles. The number of urea groups is 1. The molecule has 2 fully saturated rings. The number of Topliss-reactive ketones (excluding diaryl/α,β-unsaturated/α-hetero) is 1. The van der Waals surface area contributed by atoms with Crippen LogP contribution in [0, 0.1) is 11.8 Å². The summed E-state index contributed by atoms with van der Waals surface area (Å²) in [6.45, 7) is 8.95. The highest BCUT2D eigenvalue weighted by atomic mass is 16.2. The van der Waals surface area contributed by atoms with Gasteiger partial charge in [-0.2, -0.15) is 0 Å². The molecule has 3 rings (SSSR count). The van der Waals surface area contributed by atoms with Gasteiger partial charge in [-0.3, -0.25) is 9.59 Å². The summed E-state index contributed by atoms with van der Waals surface area (Å²) >= 11 is 0. The van der Waals surface area contributed by atoms with Crippen molar-refractivity contribution >= 4 is 17.7 Å². The lowest BCUT2D eigenvalue weighted by molar-refractivity contribution is -0.138. The van der Waals surface area contributed by atoms with Crippen LogP contribution >= 0.6 is 0 Å². The zero-order chi connectivity index (χ0) is 22.8. The molecule has 31 heavy (non-hydrogen) atoms. The van der Waals surface area contributed by atoms with Gasteiger partial charge in [0.15, 0.2) is 5.78 Å². The lowest BCUT2D eigenvalue weighted by atomic mass is 9.84. The highest BCUT2D eigenvalue weighted by molar-refractivity contribution is 5.98. The van der Waals surface area contributed by atoms with Crippen molar-refractivity contribution in [1.29, 1.82) is 0 Å². The SMILES string of the molecule is CN(C)C(=O)N1CCC(C(=O)N2CCC[C@@H](C(=O)c3ccc(C(C)(C)C)cc3)C2)CC1. The lowest BCUT2D eigenvalue weighted by Crippen LogP contribution is -2.49. The highest BCUT2D eigenvalue weighted by Crippen LogP contribution is 2.27. The molecule has 0 unspecified atom stereocenters. The number of rotatable bonds is 3. The summed E-state index contributed by atoms with van der Waals surface area (Å²) in [7, 11) is 3.50. The van der Waals surface area contributed by atoms with Crippen molar-refractivity contribution in [3.63, 3.8) is 0 Å². The van der Waals surface area contributed by atoms with Crippen molar-refractivity contribution in [2.24, 2.45) is 11.8 Å². The zero-order valence-corrected chi connectivity index (χ0v) is 19.7. The Kier molecular flexibility index (Phi) is 7.07. The molecule has 6 nitrogen and oxygen atoms in total. The standard InChI is InChI=1S/C25H37N3O3/c1-25(2,3)21-10-8-18(9-11-21)22(29)20-7-6-14-28(17-20)23(30)19-12-15-27(16-13-19)24(31)26(4)5/h8-11,19-20H,6-7,12-17H2,1-5H3/t20-/m1/s1. The Morgan fingerprint density at radius 1 is 0.871 bits per heavy atom. The smallest absolute Gasteiger partial charge is 0.319 e. The molecule has 2 heterocycles. The summed E-state index contributed by atoms with van der Waals surface area (Å²) in [5.41, 5.74) is 2.01. The van der Waals surface area contributed by atoms with E-state index in [9.17, 15) is 14.4 Å². The van der Waals surface area contributed by atoms with Gasteiger partial charge >= 0.3 is 6.03 Å². The summed E-state index contributed by atoms with van der Waals surface area (Å²) in [4.78, 5) is 43.6. The lowest BCUT2D eigenvalue weighted by Gasteiger charge is -2.38. The molecule has 2 saturated heterocycles. The topological polar surface area (TPSA) is 60.9 Å². The minimum atomic E-state index is -0.131. The van der Waals surface area contributed by atoms with Crippen molar-refractivity contribution in [1.82, 2.24) is 14.7 Å². The molecule has 0 spiro atoms. The Morgan fingerprint density at radius 3 is 2.03 bits per heavy atom. The molecular weight excluding hydrogens is 390 g/mol. The highest BCUT2D eigenvalue weighted by Gasteiger charge is 2.34. The Hall–Kier alpha value is -2.37. The van der Waals surface area contributed by atoms with Gasteiger partial charge < -0.3 is 14.7 Å². The third-order valence-corrected chi connectivity index (χ3v) is 6.64. The van der Waals surface area contributed by atoms with E-state index >= 15 is 0 Å². The monoisotopic (exact) mass is 427 g/mol. The second-order valence-electron chi connectivity index (χ2n) is 10.3. The second kappa shape index (κ2) is 9.41. The summed E-state index contributed by atoms with van der Waals surface area (Å²) in [5.74, 6) is 0.113. The Labute approximate surface area is 186 Å². The van der Waals surface area contributed by atoms with E-state index in [2.05, 4.69) is 20.8 Å². The van der Waals surface area contributed by atoms with Crippen LogP contribution in [0.3, 0.4) is 0 Å². The van der Waals surface area contributed by atoms with E-state index in [-0.39, 0.29) is 35.0 Å². The van der Waals surface area contributed by atoms with E-state index in [0.717, 1.165) is 24.9 Å². The Bertz CT molecular complexity index is 802. The third-order valence-electron chi connectivity index (χ3n) is 6.64. The van der Waals surface area contributed by atoms with Crippen molar-refractivity contribution in [2.45, 2.75) is 51.9 Å². The molecule has 2 aliphatic heterocycles. The molecule has 3 amide bonds. The van der Waals surface area contributed by atoms with Crippen LogP contribution in [-0.4, -0.2) is 72.7 Å². The van der Waals surface area contributed by atoms with Gasteiger partial charge in [0.1, 0.15) is 0 Å². The van der Waals surface area contributed by atoms with Gasteiger partial charge in [-0.25, -0.2) is 4.79 Å². The maximum atomic E-state index is 13.1. The molecule has 0 aromatic heterocycles. The molecule has 0 N–H and O–H groups in total. The first-order valence-corrected chi connectivity index (χ1v) is 11.5. The summed E-state index contributed by atoms with van der Waals surface area (Å²) < 4.78 is 0. The van der Waals surface area contributed by atoms with Crippen LogP contribution in [0.4, 0.5) is 4.79 Å². The molecule has 1 atom stereocenters. The van der Waals surface area contributed by atoms with Crippen molar-refractivity contribution in [3.8, 4) is 0 Å². The van der Waals surface area contributed by atoms with E-state index < -0.39 is 0 Å². The van der Waals surface area contributed by atoms with Gasteiger partial charge in [-0.15, -0.1) is 0 Å². The average molecular weight is 428 g/mol. The first-order chi connectivity index (χ1) is 14.6. The second-order valence-corrected chi connectivity index (χ2v) is 10.3. The number of ketones is 1. The maximum Gasteiger partial charge on any atom is 0.319 e. The number of hydrogen-bond acceptors (Lipinski definition) is 3. The molecule has 0 radical (unpaired) electrons. The molecule has 2 aliphatic rings. The van der Waals surface area contributed by atoms with E-state index in [1.807, 2.05) is 34.1 Å². The van der Waals surface area contributed by atoms with Gasteiger partial charge in [0.2, 0.25) is 5.91 Å². The van der Waals surface area contributed by atoms with Crippen molar-refractivity contribution in [2.75, 3.05) is 40.3 Å². The van der Waals surface area contributed by atoms with Crippen LogP contribution in [0.1, 0.15) is 62.4 Å². The fraction of sp³-hybridized carbons (Fsp3) is 0.640. The van der Waals surface area contributed by atoms with E-state index in [1.165, 1.54) is 5.56 Å². The first kappa shape index (κ1) is 23.3. The average Bonchev–Trinajstić information content (AvgIpc) is 2.77. The summed E-state index contributed by atoms with van der Waals surface area (Å²) in [6, 6.07) is 7.96. The molecule has 0 aliphatic carbocycles. The van der Waals surface area contributed by atoms with E-state index in [1.54, 1.807) is 19.0 Å². The van der Waals surface area contributed by atoms with Gasteiger partial charge in [0.05, 0.1) is 0 Å². The van der Waals surface area contributed by atoms with Crippen LogP contribution in [0.5, 0.6) is 0 Å². The van der Waals surface area contributed by atoms with E-state index in [4.69, 9.17) is 0 Å². The van der Waals surface area contributed by atoms with Gasteiger partial charge in [0.25, 0.3) is 0 Å². The van der Waals surface area contributed by atoms with Crippen LogP contribution in [0.25, 0.3) is 0 Å². The van der Waals surface area contributed by atoms with Crippen LogP contribution < -0.4 is 0 Å². The Morgan fingerprint density at radius 2 is 1.48 bits per heavy atom. The van der Waals surface area contributed by atoms with Crippen LogP contribution in [0.15, 0.2) is 24.3 Å². The maximum absolute atomic E-state index is 13.1. The van der Waals surface area contributed by atoms with Gasteiger partial charge in [0, 0.05) is 57.7 Å². The number of carbonyl (C=O) groups is 3. The van der Waals surface area contributed by atoms with Crippen molar-refractivity contribution in [3.05, 3.63) is 35.4 Å². The molecule has 0 bridgehead atoms. The van der Waals surface area contributed by atoms with Crippen molar-refractivity contribution < 1.29 is 14.4 Å². The number of piperidine rings is 2. The van der Waals surface area contributed by atoms with Gasteiger partial charge in [-0.05, 0) is 36.7 Å². The zero-order valence-electron chi connectivity index (χ0n) is 19.7. The number of hydrogen-bond donors (Lipinski definition) is 0. The quantitative estimate of drug-likeness (QED) is 0.690. The van der Waals surface area contributed by atoms with E-state index in [0.29, 0.717) is 32.5 Å². The number of likely N-dealkylation sites (tertiary alicyclic amines) is 2. The van der Waals surface area contributed by atoms with Crippen LogP contribution in [0.2, 0.25) is 0 Å². The molecule has 170 valence electrons. The fourth-order valence-corrected chi connectivity index (χ4v) is 4.62. The number of carbonyl (C=O) groups excluding carboxylic acids is 3. The molecule has 1 aromatic carbocycles. The predicted molar refractivity (Wildman–Crippen MR) is 122 cm³/mol. The third kappa shape index (κ3) is 5.46. The summed E-state index contributed by atoms with van der Waals surface area (Å²) in [5, 5.41) is 0. The normalized spacial score (nSPS) is 20.5. The molecule has 1 aromatic rings. The largest absolute Gasteiger partial charge is 0.342 e. The molecular formula is C25H37N3O3. The number of amides is 3. The fourth-order valence-electron chi connectivity index (χ4n) is 4.62.